The summed E-state index contributed by atoms with van der Waals surface area (Å²) in [6.07, 6.45) is 1.60. The zero-order chi connectivity index (χ0) is 14.7. The summed E-state index contributed by atoms with van der Waals surface area (Å²) in [5.41, 5.74) is 1.64. The van der Waals surface area contributed by atoms with Crippen molar-refractivity contribution in [3.05, 3.63) is 34.3 Å². The predicted octanol–water partition coefficient (Wildman–Crippen LogP) is 4.72. The van der Waals surface area contributed by atoms with E-state index in [1.165, 1.54) is 0 Å². The molecule has 0 aromatic heterocycles. The summed E-state index contributed by atoms with van der Waals surface area (Å²) in [5.74, 6) is 0. The van der Waals surface area contributed by atoms with Crippen molar-refractivity contribution in [1.82, 2.24) is 0 Å². The first-order valence-electron chi connectivity index (χ1n) is 6.55. The molecule has 4 heteroatoms. The van der Waals surface area contributed by atoms with Crippen LogP contribution in [0.1, 0.15) is 36.7 Å². The van der Waals surface area contributed by atoms with Gasteiger partial charge in [-0.05, 0) is 42.2 Å². The molecular weight excluding hydrogens is 276 g/mol. The van der Waals surface area contributed by atoms with Crippen LogP contribution in [0.3, 0.4) is 0 Å². The quantitative estimate of drug-likeness (QED) is 0.581. The molecule has 0 spiro atoms. The highest BCUT2D eigenvalue weighted by molar-refractivity contribution is 6.74. The third kappa shape index (κ3) is 4.44. The molecule has 1 aromatic rings. The lowest BCUT2D eigenvalue weighted by Crippen LogP contribution is -2.41. The van der Waals surface area contributed by atoms with Crippen LogP contribution in [0.5, 0.6) is 0 Å². The summed E-state index contributed by atoms with van der Waals surface area (Å²) in [4.78, 5) is 10.8. The van der Waals surface area contributed by atoms with Gasteiger partial charge < -0.3 is 4.43 Å². The fraction of sp³-hybridized carbons (Fsp3) is 0.533. The van der Waals surface area contributed by atoms with E-state index in [2.05, 4.69) is 33.9 Å². The van der Waals surface area contributed by atoms with Gasteiger partial charge in [-0.1, -0.05) is 38.4 Å². The van der Waals surface area contributed by atoms with Gasteiger partial charge in [0.2, 0.25) is 0 Å². The van der Waals surface area contributed by atoms with E-state index in [4.69, 9.17) is 16.0 Å². The van der Waals surface area contributed by atoms with E-state index in [0.717, 1.165) is 18.3 Å². The van der Waals surface area contributed by atoms with Crippen molar-refractivity contribution >= 4 is 26.2 Å². The molecule has 0 aliphatic rings. The first-order valence-corrected chi connectivity index (χ1v) is 9.83. The van der Waals surface area contributed by atoms with Gasteiger partial charge in [0.1, 0.15) is 0 Å². The molecule has 1 aromatic carbocycles. The first-order chi connectivity index (χ1) is 8.67. The lowest BCUT2D eigenvalue weighted by atomic mass is 10.1. The van der Waals surface area contributed by atoms with Crippen LogP contribution in [0, 0.1) is 0 Å². The molecular formula is C15H23ClO2Si. The second-order valence-electron chi connectivity index (χ2n) is 6.33. The molecule has 1 rings (SSSR count). The maximum atomic E-state index is 10.8. The molecule has 0 saturated carbocycles. The van der Waals surface area contributed by atoms with E-state index in [0.29, 0.717) is 17.2 Å². The average molecular weight is 299 g/mol. The topological polar surface area (TPSA) is 26.3 Å². The Bertz CT molecular complexity index is 450. The highest BCUT2D eigenvalue weighted by Crippen LogP contribution is 2.36. The van der Waals surface area contributed by atoms with Crippen LogP contribution < -0.4 is 0 Å². The molecule has 0 aliphatic carbocycles. The van der Waals surface area contributed by atoms with E-state index >= 15 is 0 Å². The van der Waals surface area contributed by atoms with Gasteiger partial charge in [-0.25, -0.2) is 0 Å². The number of carbonyl (C=O) groups excluding carboxylic acids is 1. The van der Waals surface area contributed by atoms with Crippen molar-refractivity contribution in [2.45, 2.75) is 45.3 Å². The number of hydrogen-bond acceptors (Lipinski definition) is 2. The lowest BCUT2D eigenvalue weighted by molar-refractivity contribution is 0.112. The summed E-state index contributed by atoms with van der Waals surface area (Å²) in [6, 6.07) is 5.56. The Balaban J connectivity index is 2.61. The number of aldehydes is 1. The second kappa shape index (κ2) is 6.20. The lowest BCUT2D eigenvalue weighted by Gasteiger charge is -2.36. The zero-order valence-electron chi connectivity index (χ0n) is 12.4. The molecule has 106 valence electrons. The third-order valence-corrected chi connectivity index (χ3v) is 8.73. The van der Waals surface area contributed by atoms with E-state index in [1.807, 2.05) is 12.1 Å². The maximum Gasteiger partial charge on any atom is 0.191 e. The fourth-order valence-electron chi connectivity index (χ4n) is 1.48. The van der Waals surface area contributed by atoms with Crippen LogP contribution in [-0.4, -0.2) is 21.2 Å². The summed E-state index contributed by atoms with van der Waals surface area (Å²) < 4.78 is 6.12. The molecule has 0 radical (unpaired) electrons. The Morgan fingerprint density at radius 3 is 2.47 bits per heavy atom. The third-order valence-electron chi connectivity index (χ3n) is 3.85. The molecule has 0 fully saturated rings. The summed E-state index contributed by atoms with van der Waals surface area (Å²) >= 11 is 5.91. The minimum atomic E-state index is -1.69. The molecule has 19 heavy (non-hydrogen) atoms. The highest BCUT2D eigenvalue weighted by atomic mass is 35.5. The number of halogens is 1. The summed E-state index contributed by atoms with van der Waals surface area (Å²) in [5, 5.41) is 0.727. The number of carbonyl (C=O) groups is 1. The van der Waals surface area contributed by atoms with Gasteiger partial charge in [0, 0.05) is 12.2 Å². The Morgan fingerprint density at radius 2 is 1.95 bits per heavy atom. The van der Waals surface area contributed by atoms with Crippen LogP contribution in [-0.2, 0) is 10.8 Å². The van der Waals surface area contributed by atoms with Crippen LogP contribution >= 0.6 is 11.6 Å². The highest BCUT2D eigenvalue weighted by Gasteiger charge is 2.36. The number of benzene rings is 1. The monoisotopic (exact) mass is 298 g/mol. The van der Waals surface area contributed by atoms with Crippen molar-refractivity contribution < 1.29 is 9.22 Å². The Morgan fingerprint density at radius 1 is 1.32 bits per heavy atom. The van der Waals surface area contributed by atoms with Crippen molar-refractivity contribution in [3.8, 4) is 0 Å². The number of hydrogen-bond donors (Lipinski definition) is 0. The van der Waals surface area contributed by atoms with Crippen LogP contribution in [0.25, 0.3) is 0 Å². The van der Waals surface area contributed by atoms with Gasteiger partial charge >= 0.3 is 0 Å². The van der Waals surface area contributed by atoms with Gasteiger partial charge in [-0.15, -0.1) is 0 Å². The molecule has 0 unspecified atom stereocenters. The van der Waals surface area contributed by atoms with Crippen molar-refractivity contribution in [1.29, 1.82) is 0 Å². The molecule has 0 atom stereocenters. The molecule has 2 nitrogen and oxygen atoms in total. The Labute approximate surface area is 122 Å². The van der Waals surface area contributed by atoms with E-state index in [-0.39, 0.29) is 5.04 Å². The van der Waals surface area contributed by atoms with Crippen molar-refractivity contribution in [2.75, 3.05) is 6.61 Å². The molecule has 0 heterocycles. The molecule has 0 amide bonds. The van der Waals surface area contributed by atoms with Crippen LogP contribution in [0.2, 0.25) is 23.2 Å². The van der Waals surface area contributed by atoms with E-state index in [1.54, 1.807) is 6.07 Å². The summed E-state index contributed by atoms with van der Waals surface area (Å²) in [7, 11) is -1.69. The van der Waals surface area contributed by atoms with Crippen LogP contribution in [0.15, 0.2) is 18.2 Å². The Hall–Kier alpha value is -0.643. The van der Waals surface area contributed by atoms with Gasteiger partial charge in [0.05, 0.1) is 5.02 Å². The molecule has 0 N–H and O–H groups in total. The van der Waals surface area contributed by atoms with E-state index < -0.39 is 8.32 Å². The zero-order valence-corrected chi connectivity index (χ0v) is 14.2. The maximum absolute atomic E-state index is 10.8. The van der Waals surface area contributed by atoms with Crippen molar-refractivity contribution in [3.63, 3.8) is 0 Å². The molecule has 0 bridgehead atoms. The average Bonchev–Trinajstić information content (AvgIpc) is 2.29. The van der Waals surface area contributed by atoms with Crippen molar-refractivity contribution in [2.24, 2.45) is 0 Å². The summed E-state index contributed by atoms with van der Waals surface area (Å²) in [6.45, 7) is 11.9. The minimum absolute atomic E-state index is 0.223. The number of rotatable bonds is 5. The smallest absolute Gasteiger partial charge is 0.191 e. The Kier molecular flexibility index (Phi) is 5.36. The minimum Gasteiger partial charge on any atom is -0.416 e. The normalized spacial score (nSPS) is 12.5. The SMILES string of the molecule is CC(C)(C)[Si](C)(C)OCCc1ccc(Cl)c(C=O)c1. The fourth-order valence-corrected chi connectivity index (χ4v) is 2.69. The predicted molar refractivity (Wildman–Crippen MR) is 83.7 cm³/mol. The first kappa shape index (κ1) is 16.4. The van der Waals surface area contributed by atoms with E-state index in [9.17, 15) is 4.79 Å². The van der Waals surface area contributed by atoms with Gasteiger partial charge in [-0.3, -0.25) is 4.79 Å². The molecule has 0 aliphatic heterocycles. The molecule has 0 saturated heterocycles. The van der Waals surface area contributed by atoms with Gasteiger partial charge in [0.15, 0.2) is 14.6 Å². The second-order valence-corrected chi connectivity index (χ2v) is 11.5. The van der Waals surface area contributed by atoms with Gasteiger partial charge in [-0.2, -0.15) is 0 Å². The largest absolute Gasteiger partial charge is 0.416 e. The van der Waals surface area contributed by atoms with Gasteiger partial charge in [0.25, 0.3) is 0 Å². The van der Waals surface area contributed by atoms with Crippen LogP contribution in [0.4, 0.5) is 0 Å². The standard InChI is InChI=1S/C15H23ClO2Si/c1-15(2,3)19(4,5)18-9-8-12-6-7-14(16)13(10-12)11-17/h6-7,10-11H,8-9H2,1-5H3.